The van der Waals surface area contributed by atoms with Crippen molar-refractivity contribution in [3.05, 3.63) is 35.1 Å². The largest absolute Gasteiger partial charge is 0.275 e. The quantitative estimate of drug-likeness (QED) is 0.714. The van der Waals surface area contributed by atoms with Crippen molar-refractivity contribution in [3.63, 3.8) is 0 Å². The summed E-state index contributed by atoms with van der Waals surface area (Å²) < 4.78 is 13.7. The minimum Gasteiger partial charge on any atom is -0.275 e. The second-order valence-corrected chi connectivity index (χ2v) is 5.48. The molecule has 2 rings (SSSR count). The predicted octanol–water partition coefficient (Wildman–Crippen LogP) is 4.89. The lowest BCUT2D eigenvalue weighted by molar-refractivity contribution is 0.107. The summed E-state index contributed by atoms with van der Waals surface area (Å²) >= 11 is 5.31. The molecule has 0 amide bonds. The highest BCUT2D eigenvalue weighted by Gasteiger charge is 2.22. The summed E-state index contributed by atoms with van der Waals surface area (Å²) in [4.78, 5) is 11.0. The molecule has 1 aromatic carbocycles. The highest BCUT2D eigenvalue weighted by Crippen LogP contribution is 2.37. The lowest BCUT2D eigenvalue weighted by atomic mass is 9.78. The summed E-state index contributed by atoms with van der Waals surface area (Å²) in [5, 5.41) is -0.728. The Morgan fingerprint density at radius 2 is 2.00 bits per heavy atom. The van der Waals surface area contributed by atoms with Crippen LogP contribution in [0.3, 0.4) is 0 Å². The van der Waals surface area contributed by atoms with Gasteiger partial charge in [-0.2, -0.15) is 0 Å². The van der Waals surface area contributed by atoms with Crippen molar-refractivity contribution in [3.8, 4) is 0 Å². The van der Waals surface area contributed by atoms with Gasteiger partial charge in [-0.3, -0.25) is 4.79 Å². The van der Waals surface area contributed by atoms with E-state index in [2.05, 4.69) is 6.92 Å². The SMILES string of the molecule is CCC1CCC(c2ccc(C(=O)Cl)c(F)c2)CC1. The molecule has 0 saturated heterocycles. The van der Waals surface area contributed by atoms with Crippen molar-refractivity contribution in [2.45, 2.75) is 44.9 Å². The molecule has 0 bridgehead atoms. The van der Waals surface area contributed by atoms with Gasteiger partial charge in [-0.1, -0.05) is 19.4 Å². The topological polar surface area (TPSA) is 17.1 Å². The average molecular weight is 269 g/mol. The second kappa shape index (κ2) is 5.83. The molecule has 0 spiro atoms. The number of carbonyl (C=O) groups excluding carboxylic acids is 1. The van der Waals surface area contributed by atoms with E-state index in [0.717, 1.165) is 24.3 Å². The molecule has 0 atom stereocenters. The number of rotatable bonds is 3. The second-order valence-electron chi connectivity index (χ2n) is 5.14. The molecule has 0 heterocycles. The van der Waals surface area contributed by atoms with E-state index >= 15 is 0 Å². The van der Waals surface area contributed by atoms with Crippen LogP contribution in [0.1, 0.15) is 60.9 Å². The first-order chi connectivity index (χ1) is 8.61. The molecule has 0 aromatic heterocycles. The predicted molar refractivity (Wildman–Crippen MR) is 71.6 cm³/mol. The molecule has 1 fully saturated rings. The van der Waals surface area contributed by atoms with Crippen LogP contribution in [0.2, 0.25) is 0 Å². The third kappa shape index (κ3) is 2.92. The first-order valence-corrected chi connectivity index (χ1v) is 6.99. The summed E-state index contributed by atoms with van der Waals surface area (Å²) in [6, 6.07) is 4.83. The van der Waals surface area contributed by atoms with Crippen LogP contribution in [-0.4, -0.2) is 5.24 Å². The Morgan fingerprint density at radius 3 is 2.50 bits per heavy atom. The van der Waals surface area contributed by atoms with Crippen LogP contribution in [0.25, 0.3) is 0 Å². The molecular formula is C15H18ClFO. The minimum absolute atomic E-state index is 0.0253. The van der Waals surface area contributed by atoms with E-state index in [1.165, 1.54) is 31.4 Å². The monoisotopic (exact) mass is 268 g/mol. The van der Waals surface area contributed by atoms with Crippen LogP contribution in [-0.2, 0) is 0 Å². The molecule has 18 heavy (non-hydrogen) atoms. The van der Waals surface area contributed by atoms with Gasteiger partial charge in [-0.25, -0.2) is 4.39 Å². The van der Waals surface area contributed by atoms with Gasteiger partial charge >= 0.3 is 0 Å². The zero-order valence-corrected chi connectivity index (χ0v) is 11.3. The van der Waals surface area contributed by atoms with Crippen molar-refractivity contribution in [1.82, 2.24) is 0 Å². The molecule has 0 aliphatic heterocycles. The van der Waals surface area contributed by atoms with E-state index in [-0.39, 0.29) is 5.56 Å². The van der Waals surface area contributed by atoms with Crippen LogP contribution in [0, 0.1) is 11.7 Å². The maximum absolute atomic E-state index is 13.7. The maximum atomic E-state index is 13.7. The maximum Gasteiger partial charge on any atom is 0.255 e. The molecule has 3 heteroatoms. The van der Waals surface area contributed by atoms with Crippen LogP contribution in [0.4, 0.5) is 4.39 Å². The summed E-state index contributed by atoms with van der Waals surface area (Å²) in [7, 11) is 0. The van der Waals surface area contributed by atoms with Crippen LogP contribution in [0.5, 0.6) is 0 Å². The fourth-order valence-electron chi connectivity index (χ4n) is 2.85. The Morgan fingerprint density at radius 1 is 1.33 bits per heavy atom. The number of hydrogen-bond acceptors (Lipinski definition) is 1. The fraction of sp³-hybridized carbons (Fsp3) is 0.533. The van der Waals surface area contributed by atoms with Gasteiger partial charge < -0.3 is 0 Å². The minimum atomic E-state index is -0.728. The molecule has 0 unspecified atom stereocenters. The van der Waals surface area contributed by atoms with Gasteiger partial charge in [0.15, 0.2) is 0 Å². The average Bonchev–Trinajstić information content (AvgIpc) is 2.38. The molecule has 1 aromatic rings. The van der Waals surface area contributed by atoms with Gasteiger partial charge in [0.1, 0.15) is 5.82 Å². The van der Waals surface area contributed by atoms with E-state index in [1.54, 1.807) is 0 Å². The summed E-state index contributed by atoms with van der Waals surface area (Å²) in [6.45, 7) is 2.23. The van der Waals surface area contributed by atoms with Crippen molar-refractivity contribution >= 4 is 16.8 Å². The number of halogens is 2. The molecule has 1 saturated carbocycles. The number of carbonyl (C=O) groups is 1. The molecule has 0 N–H and O–H groups in total. The molecule has 98 valence electrons. The Balaban J connectivity index is 2.11. The standard InChI is InChI=1S/C15H18ClFO/c1-2-10-3-5-11(6-4-10)12-7-8-13(15(16)18)14(17)9-12/h7-11H,2-6H2,1H3. The van der Waals surface area contributed by atoms with Gasteiger partial charge in [0, 0.05) is 0 Å². The third-order valence-electron chi connectivity index (χ3n) is 4.10. The first kappa shape index (κ1) is 13.5. The first-order valence-electron chi connectivity index (χ1n) is 6.61. The Kier molecular flexibility index (Phi) is 4.39. The van der Waals surface area contributed by atoms with Gasteiger partial charge in [0.25, 0.3) is 5.24 Å². The molecule has 1 aliphatic rings. The molecule has 1 aliphatic carbocycles. The Hall–Kier alpha value is -0.890. The summed E-state index contributed by atoms with van der Waals surface area (Å²) in [6.07, 6.45) is 5.91. The van der Waals surface area contributed by atoms with Gasteiger partial charge in [0.2, 0.25) is 0 Å². The summed E-state index contributed by atoms with van der Waals surface area (Å²) in [5.74, 6) is 0.765. The molecular weight excluding hydrogens is 251 g/mol. The van der Waals surface area contributed by atoms with Crippen molar-refractivity contribution < 1.29 is 9.18 Å². The lowest BCUT2D eigenvalue weighted by Crippen LogP contribution is -2.13. The summed E-state index contributed by atoms with van der Waals surface area (Å²) in [5.41, 5.74) is 0.978. The normalized spacial score (nSPS) is 23.9. The van der Waals surface area contributed by atoms with Crippen LogP contribution >= 0.6 is 11.6 Å². The fourth-order valence-corrected chi connectivity index (χ4v) is 3.00. The van der Waals surface area contributed by atoms with E-state index < -0.39 is 11.1 Å². The zero-order chi connectivity index (χ0) is 13.1. The number of hydrogen-bond donors (Lipinski definition) is 0. The Bertz CT molecular complexity index is 436. The highest BCUT2D eigenvalue weighted by molar-refractivity contribution is 6.67. The van der Waals surface area contributed by atoms with Gasteiger partial charge in [-0.05, 0) is 66.8 Å². The van der Waals surface area contributed by atoms with Crippen LogP contribution < -0.4 is 0 Å². The van der Waals surface area contributed by atoms with Gasteiger partial charge in [-0.15, -0.1) is 0 Å². The lowest BCUT2D eigenvalue weighted by Gasteiger charge is -2.28. The third-order valence-corrected chi connectivity index (χ3v) is 4.30. The van der Waals surface area contributed by atoms with Gasteiger partial charge in [0.05, 0.1) is 5.56 Å². The number of benzene rings is 1. The van der Waals surface area contributed by atoms with E-state index in [4.69, 9.17) is 11.6 Å². The zero-order valence-electron chi connectivity index (χ0n) is 10.6. The Labute approximate surface area is 112 Å². The van der Waals surface area contributed by atoms with E-state index in [1.807, 2.05) is 6.07 Å². The van der Waals surface area contributed by atoms with E-state index in [0.29, 0.717) is 5.92 Å². The smallest absolute Gasteiger partial charge is 0.255 e. The van der Waals surface area contributed by atoms with Crippen LogP contribution in [0.15, 0.2) is 18.2 Å². The van der Waals surface area contributed by atoms with Crippen molar-refractivity contribution in [2.75, 3.05) is 0 Å². The molecule has 0 radical (unpaired) electrons. The van der Waals surface area contributed by atoms with Crippen molar-refractivity contribution in [2.24, 2.45) is 5.92 Å². The van der Waals surface area contributed by atoms with Crippen molar-refractivity contribution in [1.29, 1.82) is 0 Å². The highest BCUT2D eigenvalue weighted by atomic mass is 35.5. The van der Waals surface area contributed by atoms with E-state index in [9.17, 15) is 9.18 Å². The molecule has 1 nitrogen and oxygen atoms in total.